The van der Waals surface area contributed by atoms with Crippen molar-refractivity contribution in [1.82, 2.24) is 20.9 Å². The smallest absolute Gasteiger partial charge is 0.252 e. The van der Waals surface area contributed by atoms with Crippen LogP contribution >= 0.6 is 0 Å². The summed E-state index contributed by atoms with van der Waals surface area (Å²) < 4.78 is 0. The van der Waals surface area contributed by atoms with Crippen LogP contribution in [0.15, 0.2) is 48.5 Å². The van der Waals surface area contributed by atoms with E-state index in [2.05, 4.69) is 26.9 Å². The van der Waals surface area contributed by atoms with Crippen molar-refractivity contribution in [2.24, 2.45) is 0 Å². The van der Waals surface area contributed by atoms with E-state index < -0.39 is 0 Å². The lowest BCUT2D eigenvalue weighted by Crippen LogP contribution is -2.63. The monoisotopic (exact) mass is 446 g/mol. The van der Waals surface area contributed by atoms with Gasteiger partial charge in [0.25, 0.3) is 11.8 Å². The molecule has 0 aromatic heterocycles. The number of amides is 3. The van der Waals surface area contributed by atoms with Gasteiger partial charge in [-0.05, 0) is 56.4 Å². The quantitative estimate of drug-likeness (QED) is 0.656. The van der Waals surface area contributed by atoms with E-state index in [1.807, 2.05) is 37.3 Å². The van der Waals surface area contributed by atoms with Gasteiger partial charge in [-0.15, -0.1) is 0 Å². The molecule has 1 saturated heterocycles. The van der Waals surface area contributed by atoms with Gasteiger partial charge in [-0.2, -0.15) is 0 Å². The van der Waals surface area contributed by atoms with Gasteiger partial charge >= 0.3 is 0 Å². The predicted molar refractivity (Wildman–Crippen MR) is 125 cm³/mol. The maximum absolute atomic E-state index is 12.4. The van der Waals surface area contributed by atoms with Crippen LogP contribution < -0.4 is 16.0 Å². The average Bonchev–Trinajstić information content (AvgIpc) is 3.07. The zero-order valence-corrected chi connectivity index (χ0v) is 18.9. The fraction of sp³-hybridized carbons (Fsp3) is 0.423. The second-order valence-electron chi connectivity index (χ2n) is 9.58. The molecule has 7 nitrogen and oxygen atoms in total. The fourth-order valence-corrected chi connectivity index (χ4v) is 5.53. The van der Waals surface area contributed by atoms with Gasteiger partial charge in [-0.1, -0.05) is 35.9 Å². The molecule has 0 bridgehead atoms. The third-order valence-electron chi connectivity index (χ3n) is 7.33. The molecule has 0 radical (unpaired) electrons. The van der Waals surface area contributed by atoms with Gasteiger partial charge in [0.15, 0.2) is 0 Å². The van der Waals surface area contributed by atoms with Crippen molar-refractivity contribution in [3.05, 3.63) is 70.8 Å². The van der Waals surface area contributed by atoms with Crippen LogP contribution in [-0.2, 0) is 10.3 Å². The van der Waals surface area contributed by atoms with E-state index in [0.29, 0.717) is 11.6 Å². The topological polar surface area (TPSA) is 90.5 Å². The van der Waals surface area contributed by atoms with Gasteiger partial charge in [-0.3, -0.25) is 19.3 Å². The largest absolute Gasteiger partial charge is 0.349 e. The van der Waals surface area contributed by atoms with Gasteiger partial charge < -0.3 is 16.0 Å². The molecule has 3 amide bonds. The third kappa shape index (κ3) is 4.25. The molecule has 2 aliphatic heterocycles. The number of rotatable bonds is 5. The molecule has 5 rings (SSSR count). The van der Waals surface area contributed by atoms with Crippen LogP contribution in [0.4, 0.5) is 0 Å². The summed E-state index contributed by atoms with van der Waals surface area (Å²) >= 11 is 0. The highest BCUT2D eigenvalue weighted by molar-refractivity contribution is 6.00. The van der Waals surface area contributed by atoms with E-state index >= 15 is 0 Å². The molecule has 172 valence electrons. The van der Waals surface area contributed by atoms with Gasteiger partial charge in [0.05, 0.1) is 18.1 Å². The molecule has 3 aliphatic rings. The Kier molecular flexibility index (Phi) is 5.66. The number of aryl methyl sites for hydroxylation is 1. The molecule has 0 unspecified atom stereocenters. The standard InChI is InChI=1S/C26H30N4O3/c1-17-5-4-6-18(13-17)24(32)27-14-23(31)28-19-15-30(16-19)20-9-11-26(12-10-20)22-8-3-2-7-21(22)25(33)29-26/h2-8,13,19-20H,9-12,14-16H2,1H3,(H,27,32)(H,28,31)(H,29,33)/t20-,26-. The van der Waals surface area contributed by atoms with Crippen molar-refractivity contribution in [1.29, 1.82) is 0 Å². The average molecular weight is 447 g/mol. The first-order valence-corrected chi connectivity index (χ1v) is 11.7. The Morgan fingerprint density at radius 1 is 1.09 bits per heavy atom. The van der Waals surface area contributed by atoms with Crippen molar-refractivity contribution in [2.75, 3.05) is 19.6 Å². The number of carbonyl (C=O) groups excluding carboxylic acids is 3. The van der Waals surface area contributed by atoms with Crippen molar-refractivity contribution in [3.8, 4) is 0 Å². The summed E-state index contributed by atoms with van der Waals surface area (Å²) in [5.74, 6) is -0.348. The van der Waals surface area contributed by atoms with Gasteiger partial charge in [0.2, 0.25) is 5.91 Å². The lowest BCUT2D eigenvalue weighted by Gasteiger charge is -2.48. The maximum Gasteiger partial charge on any atom is 0.252 e. The van der Waals surface area contributed by atoms with Crippen molar-refractivity contribution in [3.63, 3.8) is 0 Å². The molecule has 1 saturated carbocycles. The van der Waals surface area contributed by atoms with E-state index in [0.717, 1.165) is 55.5 Å². The van der Waals surface area contributed by atoms with Crippen molar-refractivity contribution >= 4 is 17.7 Å². The van der Waals surface area contributed by atoms with E-state index in [1.165, 1.54) is 0 Å². The summed E-state index contributed by atoms with van der Waals surface area (Å²) in [5, 5.41) is 8.97. The number of nitrogens with zero attached hydrogens (tertiary/aromatic N) is 1. The molecule has 7 heteroatoms. The summed E-state index contributed by atoms with van der Waals surface area (Å²) in [6.45, 7) is 3.57. The highest BCUT2D eigenvalue weighted by Crippen LogP contribution is 2.43. The minimum Gasteiger partial charge on any atom is -0.349 e. The van der Waals surface area contributed by atoms with Crippen LogP contribution in [0.2, 0.25) is 0 Å². The molecular weight excluding hydrogens is 416 g/mol. The molecule has 33 heavy (non-hydrogen) atoms. The van der Waals surface area contributed by atoms with Crippen LogP contribution in [0.1, 0.15) is 57.5 Å². The van der Waals surface area contributed by atoms with Crippen LogP contribution in [0.5, 0.6) is 0 Å². The summed E-state index contributed by atoms with van der Waals surface area (Å²) in [4.78, 5) is 39.3. The Bertz CT molecular complexity index is 1080. The maximum atomic E-state index is 12.4. The molecule has 1 spiro atoms. The summed E-state index contributed by atoms with van der Waals surface area (Å²) in [6.07, 6.45) is 3.95. The first kappa shape index (κ1) is 21.6. The summed E-state index contributed by atoms with van der Waals surface area (Å²) in [7, 11) is 0. The first-order chi connectivity index (χ1) is 15.9. The van der Waals surface area contributed by atoms with Crippen LogP contribution in [-0.4, -0.2) is 54.3 Å². The molecule has 2 aromatic carbocycles. The number of hydrogen-bond acceptors (Lipinski definition) is 4. The Balaban J connectivity index is 1.05. The second-order valence-corrected chi connectivity index (χ2v) is 9.58. The summed E-state index contributed by atoms with van der Waals surface area (Å²) in [5.41, 5.74) is 3.33. The highest BCUT2D eigenvalue weighted by atomic mass is 16.2. The van der Waals surface area contributed by atoms with E-state index in [-0.39, 0.29) is 35.8 Å². The van der Waals surface area contributed by atoms with Gasteiger partial charge in [0.1, 0.15) is 0 Å². The van der Waals surface area contributed by atoms with Gasteiger partial charge in [0, 0.05) is 30.3 Å². The molecule has 0 atom stereocenters. The third-order valence-corrected chi connectivity index (χ3v) is 7.33. The number of fused-ring (bicyclic) bond motifs is 2. The number of benzene rings is 2. The fourth-order valence-electron chi connectivity index (χ4n) is 5.53. The molecule has 2 heterocycles. The van der Waals surface area contributed by atoms with Gasteiger partial charge in [-0.25, -0.2) is 0 Å². The number of hydrogen-bond donors (Lipinski definition) is 3. The van der Waals surface area contributed by atoms with E-state index in [9.17, 15) is 14.4 Å². The molecule has 2 aromatic rings. The zero-order valence-electron chi connectivity index (χ0n) is 18.9. The SMILES string of the molecule is Cc1cccc(C(=O)NCC(=O)NC2CN([C@H]3CC[C@@]4(CC3)NC(=O)c3ccccc34)C2)c1. The Morgan fingerprint density at radius 3 is 2.61 bits per heavy atom. The van der Waals surface area contributed by atoms with Crippen LogP contribution in [0, 0.1) is 6.92 Å². The lowest BCUT2D eigenvalue weighted by atomic mass is 9.75. The Hall–Kier alpha value is -3.19. The van der Waals surface area contributed by atoms with Crippen LogP contribution in [0.25, 0.3) is 0 Å². The first-order valence-electron chi connectivity index (χ1n) is 11.7. The molecule has 3 N–H and O–H groups in total. The predicted octanol–water partition coefficient (Wildman–Crippen LogP) is 2.11. The molecule has 2 fully saturated rings. The Labute approximate surface area is 193 Å². The lowest BCUT2D eigenvalue weighted by molar-refractivity contribution is -0.122. The number of nitrogens with one attached hydrogen (secondary N) is 3. The Morgan fingerprint density at radius 2 is 1.85 bits per heavy atom. The minimum absolute atomic E-state index is 0.0195. The van der Waals surface area contributed by atoms with Crippen molar-refractivity contribution < 1.29 is 14.4 Å². The summed E-state index contributed by atoms with van der Waals surface area (Å²) in [6, 6.07) is 15.9. The number of likely N-dealkylation sites (tertiary alicyclic amines) is 1. The van der Waals surface area contributed by atoms with Crippen LogP contribution in [0.3, 0.4) is 0 Å². The molecule has 1 aliphatic carbocycles. The minimum atomic E-state index is -0.235. The number of carbonyl (C=O) groups is 3. The van der Waals surface area contributed by atoms with E-state index in [4.69, 9.17) is 0 Å². The zero-order chi connectivity index (χ0) is 23.0. The molecular formula is C26H30N4O3. The van der Waals surface area contributed by atoms with E-state index in [1.54, 1.807) is 12.1 Å². The highest BCUT2D eigenvalue weighted by Gasteiger charge is 2.46. The second kappa shape index (κ2) is 8.63. The van der Waals surface area contributed by atoms with Crippen molar-refractivity contribution in [2.45, 2.75) is 50.2 Å². The normalized spacial score (nSPS) is 24.6.